The van der Waals surface area contributed by atoms with Crippen LogP contribution in [0.3, 0.4) is 0 Å². The second-order valence-electron chi connectivity index (χ2n) is 8.38. The van der Waals surface area contributed by atoms with Crippen LogP contribution in [-0.4, -0.2) is 37.0 Å². The van der Waals surface area contributed by atoms with Crippen molar-refractivity contribution in [2.24, 2.45) is 0 Å². The molecule has 0 heterocycles. The molecule has 176 valence electrons. The van der Waals surface area contributed by atoms with E-state index in [-0.39, 0.29) is 22.3 Å². The van der Waals surface area contributed by atoms with Gasteiger partial charge in [-0.2, -0.15) is 0 Å². The lowest BCUT2D eigenvalue weighted by molar-refractivity contribution is -0.159. The number of carbonyl (C=O) groups excluding carboxylic acids is 2. The molecule has 1 aromatic carbocycles. The molecule has 1 aliphatic rings. The van der Waals surface area contributed by atoms with Crippen molar-refractivity contribution in [3.8, 4) is 0 Å². The van der Waals surface area contributed by atoms with Crippen molar-refractivity contribution in [1.29, 1.82) is 0 Å². The minimum absolute atomic E-state index is 0.0298. The Bertz CT molecular complexity index is 930. The molecule has 32 heavy (non-hydrogen) atoms. The lowest BCUT2D eigenvalue weighted by Crippen LogP contribution is -2.44. The molecule has 0 bridgehead atoms. The first-order chi connectivity index (χ1) is 15.2. The number of carbonyl (C=O) groups is 2. The molecule has 0 radical (unpaired) electrons. The predicted molar refractivity (Wildman–Crippen MR) is 124 cm³/mol. The van der Waals surface area contributed by atoms with Crippen molar-refractivity contribution in [2.75, 3.05) is 0 Å². The molecule has 0 fully saturated rings. The Morgan fingerprint density at radius 3 is 2.22 bits per heavy atom. The number of hydrogen-bond acceptors (Lipinski definition) is 6. The molecular formula is C25H34O6S. The first-order valence-electron chi connectivity index (χ1n) is 11.3. The number of aliphatic hydroxyl groups is 1. The summed E-state index contributed by atoms with van der Waals surface area (Å²) < 4.78 is 31.5. The van der Waals surface area contributed by atoms with Crippen molar-refractivity contribution in [2.45, 2.75) is 88.2 Å². The molecule has 1 aromatic rings. The summed E-state index contributed by atoms with van der Waals surface area (Å²) in [6.45, 7) is 3.02. The fraction of sp³-hybridized carbons (Fsp3) is 0.520. The second-order valence-corrected chi connectivity index (χ2v) is 10.3. The number of allylic oxidation sites excluding steroid dienone is 2. The fourth-order valence-corrected chi connectivity index (χ4v) is 5.33. The number of hydrogen-bond donors (Lipinski definition) is 1. The minimum atomic E-state index is -4.02. The lowest BCUT2D eigenvalue weighted by Gasteiger charge is -2.31. The number of benzene rings is 1. The molecule has 0 amide bonds. The van der Waals surface area contributed by atoms with E-state index in [9.17, 15) is 23.1 Å². The highest BCUT2D eigenvalue weighted by Crippen LogP contribution is 2.34. The highest BCUT2D eigenvalue weighted by Gasteiger charge is 2.45. The maximum atomic E-state index is 13.3. The van der Waals surface area contributed by atoms with Crippen LogP contribution in [0.4, 0.5) is 0 Å². The molecule has 0 aromatic heterocycles. The molecular weight excluding hydrogens is 428 g/mol. The van der Waals surface area contributed by atoms with Crippen LogP contribution in [0.1, 0.15) is 71.6 Å². The number of Topliss-reactive ketones (excluding diaryl/α,β-unsaturated/α-hetero) is 1. The molecule has 2 atom stereocenters. The van der Waals surface area contributed by atoms with E-state index in [1.165, 1.54) is 37.3 Å². The van der Waals surface area contributed by atoms with Crippen LogP contribution < -0.4 is 0 Å². The van der Waals surface area contributed by atoms with Gasteiger partial charge in [-0.25, -0.2) is 8.42 Å². The molecule has 7 heteroatoms. The summed E-state index contributed by atoms with van der Waals surface area (Å²) in [6, 6.07) is 7.78. The van der Waals surface area contributed by atoms with Crippen molar-refractivity contribution in [3.05, 3.63) is 53.5 Å². The smallest absolute Gasteiger partial charge is 0.303 e. The number of sulfone groups is 1. The van der Waals surface area contributed by atoms with Gasteiger partial charge in [-0.05, 0) is 50.5 Å². The Hall–Kier alpha value is -2.25. The van der Waals surface area contributed by atoms with E-state index in [0.717, 1.165) is 44.9 Å². The lowest BCUT2D eigenvalue weighted by atomic mass is 9.87. The maximum Gasteiger partial charge on any atom is 0.303 e. The van der Waals surface area contributed by atoms with Crippen LogP contribution in [-0.2, 0) is 24.2 Å². The highest BCUT2D eigenvalue weighted by molar-refractivity contribution is 7.96. The summed E-state index contributed by atoms with van der Waals surface area (Å²) in [6.07, 6.45) is 11.8. The van der Waals surface area contributed by atoms with E-state index in [2.05, 4.69) is 0 Å². The predicted octanol–water partition coefficient (Wildman–Crippen LogP) is 4.68. The van der Waals surface area contributed by atoms with Gasteiger partial charge in [-0.15, -0.1) is 0 Å². The number of rotatable bonds is 13. The monoisotopic (exact) mass is 462 g/mol. The van der Waals surface area contributed by atoms with Crippen LogP contribution in [0.2, 0.25) is 0 Å². The zero-order valence-electron chi connectivity index (χ0n) is 19.0. The number of esters is 1. The van der Waals surface area contributed by atoms with Gasteiger partial charge in [0.25, 0.3) is 0 Å². The van der Waals surface area contributed by atoms with Gasteiger partial charge in [0.15, 0.2) is 5.60 Å². The van der Waals surface area contributed by atoms with Crippen molar-refractivity contribution in [1.82, 2.24) is 0 Å². The zero-order chi connectivity index (χ0) is 23.6. The van der Waals surface area contributed by atoms with Crippen LogP contribution in [0, 0.1) is 0 Å². The first-order valence-corrected chi connectivity index (χ1v) is 12.8. The van der Waals surface area contributed by atoms with Gasteiger partial charge in [0.2, 0.25) is 15.6 Å². The van der Waals surface area contributed by atoms with E-state index in [1.807, 2.05) is 0 Å². The van der Waals surface area contributed by atoms with Crippen LogP contribution in [0.25, 0.3) is 0 Å². The number of ether oxygens (including phenoxy) is 1. The number of ketones is 1. The van der Waals surface area contributed by atoms with Gasteiger partial charge >= 0.3 is 5.97 Å². The van der Waals surface area contributed by atoms with Gasteiger partial charge in [-0.1, -0.05) is 62.8 Å². The Labute approximate surface area is 191 Å². The normalized spacial score (nSPS) is 19.5. The van der Waals surface area contributed by atoms with Crippen LogP contribution in [0.5, 0.6) is 0 Å². The molecule has 1 aliphatic carbocycles. The molecule has 1 N–H and O–H groups in total. The third kappa shape index (κ3) is 7.14. The Morgan fingerprint density at radius 1 is 1.03 bits per heavy atom. The Balaban J connectivity index is 2.00. The molecule has 0 spiro atoms. The average molecular weight is 463 g/mol. The molecule has 6 nitrogen and oxygen atoms in total. The van der Waals surface area contributed by atoms with Crippen molar-refractivity contribution in [3.63, 3.8) is 0 Å². The minimum Gasteiger partial charge on any atom is -0.446 e. The summed E-state index contributed by atoms with van der Waals surface area (Å²) >= 11 is 0. The van der Waals surface area contributed by atoms with E-state index >= 15 is 0 Å². The van der Waals surface area contributed by atoms with Gasteiger partial charge in [0.1, 0.15) is 4.91 Å². The van der Waals surface area contributed by atoms with Crippen LogP contribution in [0.15, 0.2) is 58.4 Å². The van der Waals surface area contributed by atoms with E-state index in [4.69, 9.17) is 4.74 Å². The van der Waals surface area contributed by atoms with E-state index in [0.29, 0.717) is 6.42 Å². The SMILES string of the molecule is CC(=O)OC1(CCCCCCCCCC(C)O)C=CC=C(S(=O)(=O)c2ccccc2)C1=O. The molecule has 0 aliphatic heterocycles. The average Bonchev–Trinajstić information content (AvgIpc) is 2.74. The largest absolute Gasteiger partial charge is 0.446 e. The summed E-state index contributed by atoms with van der Waals surface area (Å²) in [4.78, 5) is 24.8. The van der Waals surface area contributed by atoms with E-state index in [1.54, 1.807) is 25.1 Å². The molecule has 2 rings (SSSR count). The highest BCUT2D eigenvalue weighted by atomic mass is 32.2. The third-order valence-electron chi connectivity index (χ3n) is 5.56. The van der Waals surface area contributed by atoms with Gasteiger partial charge in [-0.3, -0.25) is 9.59 Å². The van der Waals surface area contributed by atoms with E-state index < -0.39 is 27.2 Å². The third-order valence-corrected chi connectivity index (χ3v) is 7.35. The molecule has 0 saturated heterocycles. The Kier molecular flexibility index (Phi) is 9.84. The van der Waals surface area contributed by atoms with Crippen molar-refractivity contribution < 1.29 is 27.9 Å². The van der Waals surface area contributed by atoms with Crippen LogP contribution >= 0.6 is 0 Å². The summed E-state index contributed by atoms with van der Waals surface area (Å²) in [5, 5.41) is 9.28. The summed E-state index contributed by atoms with van der Waals surface area (Å²) in [5.41, 5.74) is -1.59. The van der Waals surface area contributed by atoms with Gasteiger partial charge in [0, 0.05) is 6.92 Å². The fourth-order valence-electron chi connectivity index (χ4n) is 3.89. The summed E-state index contributed by atoms with van der Waals surface area (Å²) in [5.74, 6) is -1.32. The quantitative estimate of drug-likeness (QED) is 0.338. The summed E-state index contributed by atoms with van der Waals surface area (Å²) in [7, 11) is -4.02. The maximum absolute atomic E-state index is 13.3. The molecule has 0 saturated carbocycles. The van der Waals surface area contributed by atoms with Crippen molar-refractivity contribution >= 4 is 21.6 Å². The molecule has 2 unspecified atom stereocenters. The zero-order valence-corrected chi connectivity index (χ0v) is 19.8. The number of unbranched alkanes of at least 4 members (excludes halogenated alkanes) is 6. The first kappa shape index (κ1) is 26.0. The topological polar surface area (TPSA) is 97.7 Å². The standard InChI is InChI=1S/C25H34O6S/c1-20(26)14-9-6-4-3-5-7-12-18-25(31-21(2)27)19-13-17-23(24(25)28)32(29,30)22-15-10-8-11-16-22/h8,10-11,13,15-17,19-20,26H,3-7,9,12,14,18H2,1-2H3. The second kappa shape index (κ2) is 12.1. The van der Waals surface area contributed by atoms with Gasteiger partial charge in [0.05, 0.1) is 11.0 Å². The van der Waals surface area contributed by atoms with Gasteiger partial charge < -0.3 is 9.84 Å². The Morgan fingerprint density at radius 2 is 1.62 bits per heavy atom. The number of aliphatic hydroxyl groups excluding tert-OH is 1.